The number of carbonyl (C=O) groups is 1. The fourth-order valence-electron chi connectivity index (χ4n) is 3.90. The van der Waals surface area contributed by atoms with E-state index in [1.165, 1.54) is 15.6 Å². The Balaban J connectivity index is 1.53. The molecular formula is C22H26N4O5S2. The molecule has 11 heteroatoms. The molecule has 1 N–H and O–H groups in total. The van der Waals surface area contributed by atoms with Crippen LogP contribution in [0.4, 0.5) is 5.69 Å². The minimum atomic E-state index is -3.78. The second-order valence-corrected chi connectivity index (χ2v) is 11.2. The summed E-state index contributed by atoms with van der Waals surface area (Å²) in [6.07, 6.45) is 1.21. The number of sulfonamides is 1. The number of aryl methyl sites for hydroxylation is 3. The third-order valence-corrected chi connectivity index (χ3v) is 8.77. The van der Waals surface area contributed by atoms with Gasteiger partial charge < -0.3 is 14.6 Å². The lowest BCUT2D eigenvalue weighted by Crippen LogP contribution is -2.43. The van der Waals surface area contributed by atoms with Crippen molar-refractivity contribution in [1.29, 1.82) is 0 Å². The van der Waals surface area contributed by atoms with Gasteiger partial charge in [-0.3, -0.25) is 4.79 Å². The maximum atomic E-state index is 13.4. The summed E-state index contributed by atoms with van der Waals surface area (Å²) in [5.74, 6) is 0.661. The van der Waals surface area contributed by atoms with Crippen molar-refractivity contribution in [2.75, 3.05) is 25.5 Å². The number of carbonyl (C=O) groups excluding carboxylic acids is 1. The number of hydrogen-bond donors (Lipinski definition) is 1. The van der Waals surface area contributed by atoms with Crippen molar-refractivity contribution in [1.82, 2.24) is 14.4 Å². The molecule has 1 atom stereocenters. The summed E-state index contributed by atoms with van der Waals surface area (Å²) in [5, 5.41) is 6.80. The number of benzene rings is 1. The maximum absolute atomic E-state index is 13.4. The Bertz CT molecular complexity index is 1280. The molecule has 1 amide bonds. The van der Waals surface area contributed by atoms with Gasteiger partial charge in [0.1, 0.15) is 5.75 Å². The maximum Gasteiger partial charge on any atom is 0.244 e. The number of rotatable bonds is 6. The Hall–Kier alpha value is -2.76. The molecule has 1 saturated heterocycles. The summed E-state index contributed by atoms with van der Waals surface area (Å²) >= 11 is 1.30. The second-order valence-electron chi connectivity index (χ2n) is 8.06. The number of amides is 1. The van der Waals surface area contributed by atoms with Gasteiger partial charge in [0, 0.05) is 24.9 Å². The number of nitrogens with one attached hydrogen (secondary N) is 1. The lowest BCUT2D eigenvalue weighted by molar-refractivity contribution is -0.120. The smallest absolute Gasteiger partial charge is 0.244 e. The van der Waals surface area contributed by atoms with E-state index < -0.39 is 15.9 Å². The first-order valence-corrected chi connectivity index (χ1v) is 12.8. The highest BCUT2D eigenvalue weighted by atomic mass is 32.2. The van der Waals surface area contributed by atoms with Crippen LogP contribution >= 0.6 is 11.3 Å². The Morgan fingerprint density at radius 3 is 2.76 bits per heavy atom. The number of aromatic nitrogens is 2. The lowest BCUT2D eigenvalue weighted by atomic mass is 9.98. The molecule has 0 radical (unpaired) electrons. The Morgan fingerprint density at radius 1 is 1.27 bits per heavy atom. The number of hydrogen-bond acceptors (Lipinski definition) is 8. The van der Waals surface area contributed by atoms with E-state index in [4.69, 9.17) is 9.26 Å². The van der Waals surface area contributed by atoms with Crippen LogP contribution in [0, 0.1) is 26.7 Å². The fraction of sp³-hybridized carbons (Fsp3) is 0.409. The fourth-order valence-corrected chi connectivity index (χ4v) is 6.91. The molecule has 1 aliphatic heterocycles. The number of ether oxygens (including phenoxy) is 1. The molecule has 0 unspecified atom stereocenters. The minimum Gasteiger partial charge on any atom is -0.495 e. The van der Waals surface area contributed by atoms with Crippen LogP contribution in [0.1, 0.15) is 29.2 Å². The highest BCUT2D eigenvalue weighted by Gasteiger charge is 2.35. The van der Waals surface area contributed by atoms with E-state index in [2.05, 4.69) is 15.5 Å². The molecule has 3 heterocycles. The van der Waals surface area contributed by atoms with E-state index in [1.807, 2.05) is 19.1 Å². The standard InChI is InChI=1S/C22H26N4O5S2/c1-13-7-8-18(30-4)17(10-13)24-22(27)16-6-5-9-26(12-16)33(28,29)20-11-19(32-14(20)2)21-23-15(3)31-25-21/h7-8,10-11,16H,5-6,9,12H2,1-4H3,(H,24,27)/t16-/m0/s1. The number of thiophene rings is 1. The van der Waals surface area contributed by atoms with E-state index in [1.54, 1.807) is 33.1 Å². The molecule has 3 aromatic rings. The van der Waals surface area contributed by atoms with Crippen LogP contribution in [0.25, 0.3) is 10.7 Å². The predicted octanol–water partition coefficient (Wildman–Crippen LogP) is 3.77. The van der Waals surface area contributed by atoms with Crippen molar-refractivity contribution in [3.63, 3.8) is 0 Å². The summed E-state index contributed by atoms with van der Waals surface area (Å²) in [6, 6.07) is 7.12. The van der Waals surface area contributed by atoms with Crippen LogP contribution < -0.4 is 10.1 Å². The van der Waals surface area contributed by atoms with E-state index in [9.17, 15) is 13.2 Å². The van der Waals surface area contributed by atoms with Crippen molar-refractivity contribution >= 4 is 33.0 Å². The molecule has 1 aliphatic rings. The number of piperidine rings is 1. The van der Waals surface area contributed by atoms with Crippen molar-refractivity contribution < 1.29 is 22.5 Å². The van der Waals surface area contributed by atoms with Crippen LogP contribution in [0.3, 0.4) is 0 Å². The number of methoxy groups -OCH3 is 1. The summed E-state index contributed by atoms with van der Waals surface area (Å²) in [7, 11) is -2.23. The van der Waals surface area contributed by atoms with Gasteiger partial charge in [-0.15, -0.1) is 11.3 Å². The van der Waals surface area contributed by atoms with Crippen LogP contribution in [-0.2, 0) is 14.8 Å². The molecule has 0 saturated carbocycles. The number of nitrogens with zero attached hydrogens (tertiary/aromatic N) is 3. The Labute approximate surface area is 196 Å². The van der Waals surface area contributed by atoms with E-state index >= 15 is 0 Å². The summed E-state index contributed by atoms with van der Waals surface area (Å²) in [4.78, 5) is 18.7. The number of anilines is 1. The van der Waals surface area contributed by atoms with Gasteiger partial charge in [0.2, 0.25) is 27.6 Å². The molecule has 2 aromatic heterocycles. The van der Waals surface area contributed by atoms with Gasteiger partial charge in [0.05, 0.1) is 28.5 Å². The molecular weight excluding hydrogens is 464 g/mol. The van der Waals surface area contributed by atoms with Crippen molar-refractivity contribution in [2.45, 2.75) is 38.5 Å². The molecule has 0 spiro atoms. The van der Waals surface area contributed by atoms with Gasteiger partial charge >= 0.3 is 0 Å². The zero-order valence-corrected chi connectivity index (χ0v) is 20.5. The van der Waals surface area contributed by atoms with Gasteiger partial charge in [0.25, 0.3) is 0 Å². The van der Waals surface area contributed by atoms with Gasteiger partial charge in [-0.1, -0.05) is 11.2 Å². The first-order valence-electron chi connectivity index (χ1n) is 10.6. The summed E-state index contributed by atoms with van der Waals surface area (Å²) in [6.45, 7) is 5.85. The highest BCUT2D eigenvalue weighted by Crippen LogP contribution is 2.35. The molecule has 1 aromatic carbocycles. The monoisotopic (exact) mass is 490 g/mol. The van der Waals surface area contributed by atoms with Crippen molar-refractivity contribution in [3.05, 3.63) is 40.6 Å². The summed E-state index contributed by atoms with van der Waals surface area (Å²) < 4.78 is 38.6. The molecule has 9 nitrogen and oxygen atoms in total. The Morgan fingerprint density at radius 2 is 2.06 bits per heavy atom. The van der Waals surface area contributed by atoms with E-state index in [0.717, 1.165) is 5.56 Å². The SMILES string of the molecule is COc1ccc(C)cc1NC(=O)[C@H]1CCCN(S(=O)(=O)c2cc(-c3noc(C)n3)sc2C)C1. The predicted molar refractivity (Wildman–Crippen MR) is 125 cm³/mol. The largest absolute Gasteiger partial charge is 0.495 e. The zero-order chi connectivity index (χ0) is 23.8. The van der Waals surface area contributed by atoms with Gasteiger partial charge in [-0.2, -0.15) is 9.29 Å². The van der Waals surface area contributed by atoms with Crippen LogP contribution in [0.2, 0.25) is 0 Å². The lowest BCUT2D eigenvalue weighted by Gasteiger charge is -2.31. The molecule has 0 bridgehead atoms. The van der Waals surface area contributed by atoms with Gasteiger partial charge in [-0.05, 0) is 50.5 Å². The van der Waals surface area contributed by atoms with E-state index in [0.29, 0.717) is 52.3 Å². The summed E-state index contributed by atoms with van der Waals surface area (Å²) in [5.41, 5.74) is 1.57. The highest BCUT2D eigenvalue weighted by molar-refractivity contribution is 7.89. The average Bonchev–Trinajstić information content (AvgIpc) is 3.40. The molecule has 0 aliphatic carbocycles. The zero-order valence-electron chi connectivity index (χ0n) is 18.9. The van der Waals surface area contributed by atoms with Gasteiger partial charge in [-0.25, -0.2) is 8.42 Å². The first kappa shape index (κ1) is 23.4. The minimum absolute atomic E-state index is 0.119. The topological polar surface area (TPSA) is 115 Å². The van der Waals surface area contributed by atoms with Crippen molar-refractivity contribution in [2.24, 2.45) is 5.92 Å². The Kier molecular flexibility index (Phi) is 6.55. The van der Waals surface area contributed by atoms with Crippen LogP contribution in [0.15, 0.2) is 33.7 Å². The molecule has 4 rings (SSSR count). The quantitative estimate of drug-likeness (QED) is 0.559. The molecule has 176 valence electrons. The normalized spacial score (nSPS) is 17.2. The van der Waals surface area contributed by atoms with Gasteiger partial charge in [0.15, 0.2) is 0 Å². The first-order chi connectivity index (χ1) is 15.7. The second kappa shape index (κ2) is 9.24. The van der Waals surface area contributed by atoms with Crippen LogP contribution in [-0.4, -0.2) is 49.0 Å². The average molecular weight is 491 g/mol. The molecule has 1 fully saturated rings. The van der Waals surface area contributed by atoms with Crippen LogP contribution in [0.5, 0.6) is 5.75 Å². The van der Waals surface area contributed by atoms with Crippen molar-refractivity contribution in [3.8, 4) is 16.5 Å². The van der Waals surface area contributed by atoms with E-state index in [-0.39, 0.29) is 17.3 Å². The third-order valence-electron chi connectivity index (χ3n) is 5.61. The molecule has 33 heavy (non-hydrogen) atoms. The third kappa shape index (κ3) is 4.80.